The number of benzene rings is 1. The molecule has 8 nitrogen and oxygen atoms in total. The van der Waals surface area contributed by atoms with Gasteiger partial charge in [-0.3, -0.25) is 14.2 Å². The Balaban J connectivity index is 2.10. The summed E-state index contributed by atoms with van der Waals surface area (Å²) >= 11 is 0. The van der Waals surface area contributed by atoms with Gasteiger partial charge in [-0.1, -0.05) is 19.1 Å². The van der Waals surface area contributed by atoms with Crippen molar-refractivity contribution >= 4 is 22.6 Å². The number of aryl methyl sites for hydroxylation is 4. The highest BCUT2D eigenvalue weighted by Crippen LogP contribution is 2.25. The van der Waals surface area contributed by atoms with Gasteiger partial charge in [-0.25, -0.2) is 14.3 Å². The van der Waals surface area contributed by atoms with Crippen molar-refractivity contribution < 1.29 is 9.53 Å². The predicted octanol–water partition coefficient (Wildman–Crippen LogP) is 1.92. The number of amides is 1. The van der Waals surface area contributed by atoms with Gasteiger partial charge in [-0.05, 0) is 37.5 Å². The SMILES string of the molecule is CCc1cnc2c(c1OC)c(=O)n(CC(=O)Nc1cc(C)ccc1C)c(=O)n2C. The van der Waals surface area contributed by atoms with Crippen LogP contribution in [-0.4, -0.2) is 27.1 Å². The van der Waals surface area contributed by atoms with E-state index in [1.54, 1.807) is 6.20 Å². The standard InChI is InChI=1S/C21H24N4O4/c1-6-14-10-22-19-17(18(14)29-5)20(27)25(21(28)24(19)4)11-16(26)23-15-9-12(2)7-8-13(15)3/h7-10H,6,11H2,1-5H3,(H,23,26). The van der Waals surface area contributed by atoms with E-state index in [1.807, 2.05) is 39.0 Å². The molecule has 3 aromatic rings. The first kappa shape index (κ1) is 20.3. The highest BCUT2D eigenvalue weighted by Gasteiger charge is 2.20. The Morgan fingerprint density at radius 1 is 1.24 bits per heavy atom. The van der Waals surface area contributed by atoms with E-state index in [0.717, 1.165) is 21.3 Å². The highest BCUT2D eigenvalue weighted by atomic mass is 16.5. The summed E-state index contributed by atoms with van der Waals surface area (Å²) in [5, 5.41) is 2.97. The fraction of sp³-hybridized carbons (Fsp3) is 0.333. The van der Waals surface area contributed by atoms with E-state index in [2.05, 4.69) is 10.3 Å². The quantitative estimate of drug-likeness (QED) is 0.711. The lowest BCUT2D eigenvalue weighted by Crippen LogP contribution is -2.42. The van der Waals surface area contributed by atoms with Crippen LogP contribution in [0.15, 0.2) is 34.0 Å². The van der Waals surface area contributed by atoms with Gasteiger partial charge in [0.15, 0.2) is 5.65 Å². The molecule has 152 valence electrons. The van der Waals surface area contributed by atoms with Gasteiger partial charge in [0, 0.05) is 24.5 Å². The Kier molecular flexibility index (Phi) is 5.54. The molecule has 1 amide bonds. The molecular formula is C21H24N4O4. The molecule has 0 fully saturated rings. The van der Waals surface area contributed by atoms with E-state index in [1.165, 1.54) is 18.7 Å². The van der Waals surface area contributed by atoms with Crippen molar-refractivity contribution in [3.05, 3.63) is 61.9 Å². The first-order valence-corrected chi connectivity index (χ1v) is 9.31. The molecule has 3 rings (SSSR count). The number of anilines is 1. The van der Waals surface area contributed by atoms with Gasteiger partial charge < -0.3 is 10.1 Å². The number of pyridine rings is 1. The minimum atomic E-state index is -0.614. The van der Waals surface area contributed by atoms with Crippen LogP contribution in [0.25, 0.3) is 11.0 Å². The van der Waals surface area contributed by atoms with Crippen molar-refractivity contribution in [2.24, 2.45) is 7.05 Å². The third-order valence-electron chi connectivity index (χ3n) is 4.93. The molecule has 1 N–H and O–H groups in total. The van der Waals surface area contributed by atoms with Gasteiger partial charge in [0.2, 0.25) is 5.91 Å². The minimum Gasteiger partial charge on any atom is -0.495 e. The van der Waals surface area contributed by atoms with Crippen LogP contribution in [0.1, 0.15) is 23.6 Å². The van der Waals surface area contributed by atoms with E-state index >= 15 is 0 Å². The number of hydrogen-bond acceptors (Lipinski definition) is 5. The van der Waals surface area contributed by atoms with Crippen LogP contribution in [0.4, 0.5) is 5.69 Å². The third kappa shape index (κ3) is 3.65. The van der Waals surface area contributed by atoms with Gasteiger partial charge in [0.1, 0.15) is 17.7 Å². The molecule has 2 heterocycles. The van der Waals surface area contributed by atoms with Crippen LogP contribution in [0.3, 0.4) is 0 Å². The Bertz CT molecular complexity index is 1220. The molecule has 0 spiro atoms. The van der Waals surface area contributed by atoms with Crippen LogP contribution in [0, 0.1) is 13.8 Å². The second kappa shape index (κ2) is 7.90. The maximum atomic E-state index is 13.1. The zero-order chi connectivity index (χ0) is 21.3. The van der Waals surface area contributed by atoms with Gasteiger partial charge in [-0.2, -0.15) is 0 Å². The molecule has 29 heavy (non-hydrogen) atoms. The largest absolute Gasteiger partial charge is 0.495 e. The predicted molar refractivity (Wildman–Crippen MR) is 112 cm³/mol. The second-order valence-corrected chi connectivity index (χ2v) is 6.97. The van der Waals surface area contributed by atoms with Crippen LogP contribution >= 0.6 is 0 Å². The first-order valence-electron chi connectivity index (χ1n) is 9.31. The summed E-state index contributed by atoms with van der Waals surface area (Å²) in [4.78, 5) is 42.7. The van der Waals surface area contributed by atoms with Crippen molar-refractivity contribution in [3.8, 4) is 5.75 Å². The molecule has 8 heteroatoms. The number of nitrogens with one attached hydrogen (secondary N) is 1. The van der Waals surface area contributed by atoms with Crippen LogP contribution in [-0.2, 0) is 24.8 Å². The number of nitrogens with zero attached hydrogens (tertiary/aromatic N) is 3. The third-order valence-corrected chi connectivity index (χ3v) is 4.93. The summed E-state index contributed by atoms with van der Waals surface area (Å²) in [6.07, 6.45) is 2.21. The summed E-state index contributed by atoms with van der Waals surface area (Å²) < 4.78 is 7.60. The lowest BCUT2D eigenvalue weighted by Gasteiger charge is -2.14. The number of aromatic nitrogens is 3. The number of rotatable bonds is 5. The van der Waals surface area contributed by atoms with Gasteiger partial charge in [-0.15, -0.1) is 0 Å². The smallest absolute Gasteiger partial charge is 0.332 e. The number of fused-ring (bicyclic) bond motifs is 1. The lowest BCUT2D eigenvalue weighted by molar-refractivity contribution is -0.116. The summed E-state index contributed by atoms with van der Waals surface area (Å²) in [5.41, 5.74) is 2.29. The molecule has 0 unspecified atom stereocenters. The lowest BCUT2D eigenvalue weighted by atomic mass is 10.1. The molecule has 2 aromatic heterocycles. The Morgan fingerprint density at radius 2 is 1.97 bits per heavy atom. The maximum Gasteiger partial charge on any atom is 0.332 e. The van der Waals surface area contributed by atoms with Crippen LogP contribution in [0.5, 0.6) is 5.75 Å². The average Bonchev–Trinajstić information content (AvgIpc) is 2.71. The molecule has 0 saturated heterocycles. The fourth-order valence-electron chi connectivity index (χ4n) is 3.29. The normalized spacial score (nSPS) is 10.9. The van der Waals surface area contributed by atoms with Crippen molar-refractivity contribution in [2.45, 2.75) is 33.7 Å². The molecule has 0 atom stereocenters. The van der Waals surface area contributed by atoms with Gasteiger partial charge >= 0.3 is 5.69 Å². The molecule has 0 radical (unpaired) electrons. The summed E-state index contributed by atoms with van der Waals surface area (Å²) in [5.74, 6) is -0.0855. The van der Waals surface area contributed by atoms with E-state index < -0.39 is 23.7 Å². The zero-order valence-electron chi connectivity index (χ0n) is 17.2. The van der Waals surface area contributed by atoms with Crippen molar-refractivity contribution in [2.75, 3.05) is 12.4 Å². The Hall–Kier alpha value is -3.42. The van der Waals surface area contributed by atoms with Gasteiger partial charge in [0.25, 0.3) is 5.56 Å². The average molecular weight is 396 g/mol. The molecule has 0 aliphatic heterocycles. The zero-order valence-corrected chi connectivity index (χ0v) is 17.2. The first-order chi connectivity index (χ1) is 13.8. The van der Waals surface area contributed by atoms with Crippen LogP contribution in [0.2, 0.25) is 0 Å². The summed E-state index contributed by atoms with van der Waals surface area (Å²) in [6, 6.07) is 5.68. The Labute approximate surface area is 167 Å². The molecule has 0 bridgehead atoms. The second-order valence-electron chi connectivity index (χ2n) is 6.97. The number of carbonyl (C=O) groups excluding carboxylic acids is 1. The van der Waals surface area contributed by atoms with Crippen molar-refractivity contribution in [1.82, 2.24) is 14.1 Å². The highest BCUT2D eigenvalue weighted by molar-refractivity contribution is 5.91. The van der Waals surface area contributed by atoms with Crippen molar-refractivity contribution in [1.29, 1.82) is 0 Å². The van der Waals surface area contributed by atoms with Crippen LogP contribution < -0.4 is 21.3 Å². The number of methoxy groups -OCH3 is 1. The fourth-order valence-corrected chi connectivity index (χ4v) is 3.29. The van der Waals surface area contributed by atoms with Gasteiger partial charge in [0.05, 0.1) is 7.11 Å². The van der Waals surface area contributed by atoms with E-state index in [0.29, 0.717) is 17.9 Å². The van der Waals surface area contributed by atoms with E-state index in [-0.39, 0.29) is 11.0 Å². The summed E-state index contributed by atoms with van der Waals surface area (Å²) in [6.45, 7) is 5.31. The molecule has 1 aromatic carbocycles. The monoisotopic (exact) mass is 396 g/mol. The minimum absolute atomic E-state index is 0.188. The summed E-state index contributed by atoms with van der Waals surface area (Å²) in [7, 11) is 2.98. The van der Waals surface area contributed by atoms with E-state index in [9.17, 15) is 14.4 Å². The molecule has 0 aliphatic carbocycles. The maximum absolute atomic E-state index is 13.1. The number of carbonyl (C=O) groups is 1. The molecule has 0 aliphatic rings. The Morgan fingerprint density at radius 3 is 2.62 bits per heavy atom. The van der Waals surface area contributed by atoms with Crippen molar-refractivity contribution in [3.63, 3.8) is 0 Å². The number of ether oxygens (including phenoxy) is 1. The number of hydrogen-bond donors (Lipinski definition) is 1. The molecule has 0 saturated carbocycles. The van der Waals surface area contributed by atoms with E-state index in [4.69, 9.17) is 4.74 Å². The molecular weight excluding hydrogens is 372 g/mol. The topological polar surface area (TPSA) is 95.2 Å².